The van der Waals surface area contributed by atoms with Gasteiger partial charge in [-0.15, -0.1) is 24.0 Å². The molecule has 0 aromatic heterocycles. The molecule has 32 heavy (non-hydrogen) atoms. The van der Waals surface area contributed by atoms with Gasteiger partial charge in [-0.25, -0.2) is 9.79 Å². The van der Waals surface area contributed by atoms with E-state index in [0.29, 0.717) is 19.0 Å². The summed E-state index contributed by atoms with van der Waals surface area (Å²) in [5.41, 5.74) is 0.353. The van der Waals surface area contributed by atoms with Crippen molar-refractivity contribution in [1.82, 2.24) is 15.5 Å². The van der Waals surface area contributed by atoms with E-state index in [9.17, 15) is 14.9 Å². The highest BCUT2D eigenvalue weighted by Crippen LogP contribution is 2.36. The number of nitrogens with one attached hydrogen (secondary N) is 2. The molecule has 2 heterocycles. The molecule has 2 aliphatic rings. The van der Waals surface area contributed by atoms with Crippen molar-refractivity contribution < 1.29 is 14.5 Å². The summed E-state index contributed by atoms with van der Waals surface area (Å²) in [5.74, 6) is 0.684. The number of nitro groups is 1. The van der Waals surface area contributed by atoms with Crippen molar-refractivity contribution in [2.45, 2.75) is 83.6 Å². The van der Waals surface area contributed by atoms with E-state index < -0.39 is 10.5 Å². The summed E-state index contributed by atoms with van der Waals surface area (Å²) in [6, 6.07) is 7.08. The van der Waals surface area contributed by atoms with Gasteiger partial charge in [0, 0.05) is 36.8 Å². The van der Waals surface area contributed by atoms with Crippen LogP contribution in [0.1, 0.15) is 58.9 Å². The molecular weight excluding hydrogens is 525 g/mol. The van der Waals surface area contributed by atoms with Gasteiger partial charge in [0.25, 0.3) is 5.69 Å². The number of nitro benzene ring substituents is 1. The Morgan fingerprint density at radius 1 is 1.28 bits per heavy atom. The van der Waals surface area contributed by atoms with E-state index in [1.54, 1.807) is 12.1 Å². The third-order valence-corrected chi connectivity index (χ3v) is 5.56. The van der Waals surface area contributed by atoms with Gasteiger partial charge in [-0.3, -0.25) is 10.1 Å². The van der Waals surface area contributed by atoms with Gasteiger partial charge in [0.1, 0.15) is 5.60 Å². The van der Waals surface area contributed by atoms with Crippen molar-refractivity contribution in [1.29, 1.82) is 0 Å². The van der Waals surface area contributed by atoms with Crippen LogP contribution in [0.2, 0.25) is 0 Å². The maximum atomic E-state index is 12.6. The number of piperidine rings is 1. The molecule has 2 N–H and O–H groups in total. The van der Waals surface area contributed by atoms with Gasteiger partial charge in [-0.05, 0) is 58.9 Å². The number of ether oxygens (including phenoxy) is 1. The lowest BCUT2D eigenvalue weighted by Crippen LogP contribution is -2.55. The highest BCUT2D eigenvalue weighted by atomic mass is 127. The van der Waals surface area contributed by atoms with Crippen molar-refractivity contribution in [3.63, 3.8) is 0 Å². The number of nitrogens with zero attached hydrogens (tertiary/aromatic N) is 3. The Morgan fingerprint density at radius 3 is 2.50 bits per heavy atom. The molecule has 2 unspecified atom stereocenters. The summed E-state index contributed by atoms with van der Waals surface area (Å²) in [6.07, 6.45) is 3.45. The Morgan fingerprint density at radius 2 is 1.94 bits per heavy atom. The van der Waals surface area contributed by atoms with E-state index in [2.05, 4.69) is 15.6 Å². The van der Waals surface area contributed by atoms with Gasteiger partial charge >= 0.3 is 6.09 Å². The number of halogens is 1. The van der Waals surface area contributed by atoms with Gasteiger partial charge in [0.05, 0.1) is 11.5 Å². The minimum absolute atomic E-state index is 0. The summed E-state index contributed by atoms with van der Waals surface area (Å²) >= 11 is 0. The number of aliphatic imine (C=N–C) groups is 1. The zero-order valence-corrected chi connectivity index (χ0v) is 21.5. The molecular formula is C22H34IN5O4. The predicted molar refractivity (Wildman–Crippen MR) is 134 cm³/mol. The van der Waals surface area contributed by atoms with Crippen molar-refractivity contribution in [2.24, 2.45) is 4.99 Å². The number of amides is 1. The van der Waals surface area contributed by atoms with E-state index in [4.69, 9.17) is 4.74 Å². The van der Waals surface area contributed by atoms with Crippen LogP contribution >= 0.6 is 24.0 Å². The first-order valence-corrected chi connectivity index (χ1v) is 11.0. The lowest BCUT2D eigenvalue weighted by atomic mass is 9.98. The molecule has 2 atom stereocenters. The summed E-state index contributed by atoms with van der Waals surface area (Å²) in [6.45, 7) is 8.73. The van der Waals surface area contributed by atoms with Crippen molar-refractivity contribution in [3.8, 4) is 0 Å². The van der Waals surface area contributed by atoms with Crippen LogP contribution in [0.3, 0.4) is 0 Å². The zero-order chi connectivity index (χ0) is 22.6. The normalized spacial score (nSPS) is 22.7. The third kappa shape index (κ3) is 6.94. The van der Waals surface area contributed by atoms with Gasteiger partial charge in [-0.1, -0.05) is 12.1 Å². The molecule has 2 aliphatic heterocycles. The van der Waals surface area contributed by atoms with E-state index in [0.717, 1.165) is 31.2 Å². The molecule has 178 valence electrons. The first-order chi connectivity index (χ1) is 14.7. The SMILES string of the molecule is CCNC(=NCc1cccc([N+](=O)[O-])c1)NC1CC2CCC(C1)N2C(=O)OC(C)(C)C.I. The van der Waals surface area contributed by atoms with Crippen LogP contribution in [0.4, 0.5) is 10.5 Å². The van der Waals surface area contributed by atoms with Gasteiger partial charge < -0.3 is 20.3 Å². The van der Waals surface area contributed by atoms with E-state index in [1.807, 2.05) is 38.7 Å². The molecule has 1 amide bonds. The molecule has 2 saturated heterocycles. The second kappa shape index (κ2) is 11.2. The average Bonchev–Trinajstić information content (AvgIpc) is 2.96. The number of fused-ring (bicyclic) bond motifs is 2. The molecule has 0 spiro atoms. The summed E-state index contributed by atoms with van der Waals surface area (Å²) in [5, 5.41) is 17.7. The number of non-ortho nitro benzene ring substituents is 1. The quantitative estimate of drug-likeness (QED) is 0.184. The molecule has 0 radical (unpaired) electrons. The second-order valence-corrected chi connectivity index (χ2v) is 9.21. The molecule has 1 aromatic rings. The number of carbonyl (C=O) groups is 1. The Hall–Kier alpha value is -2.11. The predicted octanol–water partition coefficient (Wildman–Crippen LogP) is 4.20. The van der Waals surface area contributed by atoms with Crippen LogP contribution in [0.15, 0.2) is 29.3 Å². The highest BCUT2D eigenvalue weighted by Gasteiger charge is 2.45. The Kier molecular flexibility index (Phi) is 9.11. The van der Waals surface area contributed by atoms with Crippen LogP contribution in [-0.2, 0) is 11.3 Å². The first kappa shape index (κ1) is 26.1. The van der Waals surface area contributed by atoms with Crippen LogP contribution < -0.4 is 10.6 Å². The van der Waals surface area contributed by atoms with E-state index >= 15 is 0 Å². The standard InChI is InChI=1S/C22H33N5O4.HI/c1-5-23-20(24-14-15-7-6-8-19(11-15)27(29)30)25-16-12-17-9-10-18(13-16)26(17)21(28)31-22(2,3)4;/h6-8,11,16-18H,5,9-10,12-14H2,1-4H3,(H2,23,24,25);1H. The number of hydrogen-bond donors (Lipinski definition) is 2. The van der Waals surface area contributed by atoms with Crippen molar-refractivity contribution >= 4 is 41.7 Å². The molecule has 3 rings (SSSR count). The number of hydrogen-bond acceptors (Lipinski definition) is 5. The zero-order valence-electron chi connectivity index (χ0n) is 19.2. The van der Waals surface area contributed by atoms with Gasteiger partial charge in [-0.2, -0.15) is 0 Å². The van der Waals surface area contributed by atoms with Crippen LogP contribution in [0, 0.1) is 10.1 Å². The molecule has 10 heteroatoms. The summed E-state index contributed by atoms with van der Waals surface area (Å²) < 4.78 is 5.61. The van der Waals surface area contributed by atoms with Crippen molar-refractivity contribution in [3.05, 3.63) is 39.9 Å². The summed E-state index contributed by atoms with van der Waals surface area (Å²) in [7, 11) is 0. The number of benzene rings is 1. The van der Waals surface area contributed by atoms with E-state index in [-0.39, 0.29) is 53.9 Å². The van der Waals surface area contributed by atoms with Crippen LogP contribution in [-0.4, -0.2) is 52.1 Å². The number of carbonyl (C=O) groups excluding carboxylic acids is 1. The van der Waals surface area contributed by atoms with Crippen molar-refractivity contribution in [2.75, 3.05) is 6.54 Å². The van der Waals surface area contributed by atoms with Gasteiger partial charge in [0.2, 0.25) is 0 Å². The fraction of sp³-hybridized carbons (Fsp3) is 0.636. The highest BCUT2D eigenvalue weighted by molar-refractivity contribution is 14.0. The molecule has 0 aliphatic carbocycles. The molecule has 2 bridgehead atoms. The lowest BCUT2D eigenvalue weighted by molar-refractivity contribution is -0.384. The third-order valence-electron chi connectivity index (χ3n) is 5.56. The number of rotatable bonds is 5. The lowest BCUT2D eigenvalue weighted by Gasteiger charge is -2.40. The molecule has 1 aromatic carbocycles. The summed E-state index contributed by atoms with van der Waals surface area (Å²) in [4.78, 5) is 29.8. The average molecular weight is 559 g/mol. The number of guanidine groups is 1. The maximum absolute atomic E-state index is 12.6. The minimum atomic E-state index is -0.497. The first-order valence-electron chi connectivity index (χ1n) is 11.0. The second-order valence-electron chi connectivity index (χ2n) is 9.21. The van der Waals surface area contributed by atoms with Crippen LogP contribution in [0.5, 0.6) is 0 Å². The molecule has 9 nitrogen and oxygen atoms in total. The largest absolute Gasteiger partial charge is 0.444 e. The van der Waals surface area contributed by atoms with Crippen LogP contribution in [0.25, 0.3) is 0 Å². The Labute approximate surface area is 206 Å². The Bertz CT molecular complexity index is 828. The van der Waals surface area contributed by atoms with E-state index in [1.165, 1.54) is 6.07 Å². The smallest absolute Gasteiger partial charge is 0.410 e. The molecule has 0 saturated carbocycles. The Balaban J connectivity index is 0.00000363. The molecule has 2 fully saturated rings. The fourth-order valence-corrected chi connectivity index (χ4v) is 4.36. The minimum Gasteiger partial charge on any atom is -0.444 e. The maximum Gasteiger partial charge on any atom is 0.410 e. The topological polar surface area (TPSA) is 109 Å². The monoisotopic (exact) mass is 559 g/mol. The fourth-order valence-electron chi connectivity index (χ4n) is 4.36. The van der Waals surface area contributed by atoms with Gasteiger partial charge in [0.15, 0.2) is 5.96 Å².